The van der Waals surface area contributed by atoms with E-state index >= 15 is 0 Å². The topological polar surface area (TPSA) is 12.0 Å². The smallest absolute Gasteiger partial charge is 0.0323 e. The van der Waals surface area contributed by atoms with Crippen LogP contribution in [0.15, 0.2) is 24.3 Å². The second-order valence-electron chi connectivity index (χ2n) is 5.53. The lowest BCUT2D eigenvalue weighted by Gasteiger charge is -2.22. The first kappa shape index (κ1) is 15.2. The first-order valence-corrected chi connectivity index (χ1v) is 7.50. The Bertz CT molecular complexity index is 330. The van der Waals surface area contributed by atoms with Crippen molar-refractivity contribution >= 4 is 0 Å². The first-order valence-electron chi connectivity index (χ1n) is 7.50. The zero-order chi connectivity index (χ0) is 13.4. The fourth-order valence-electron chi connectivity index (χ4n) is 2.38. The Balaban J connectivity index is 2.79. The van der Waals surface area contributed by atoms with Gasteiger partial charge >= 0.3 is 0 Å². The zero-order valence-electron chi connectivity index (χ0n) is 12.5. The second kappa shape index (κ2) is 8.31. The van der Waals surface area contributed by atoms with E-state index in [0.717, 1.165) is 18.9 Å². The molecule has 1 nitrogen and oxygen atoms in total. The van der Waals surface area contributed by atoms with Gasteiger partial charge in [0.2, 0.25) is 0 Å². The average Bonchev–Trinajstić information content (AvgIpc) is 2.38. The van der Waals surface area contributed by atoms with Crippen LogP contribution in [0.3, 0.4) is 0 Å². The summed E-state index contributed by atoms with van der Waals surface area (Å²) in [6.07, 6.45) is 4.86. The molecule has 1 rings (SSSR count). The molecule has 1 N–H and O–H groups in total. The van der Waals surface area contributed by atoms with Crippen molar-refractivity contribution in [3.63, 3.8) is 0 Å². The number of aryl methyl sites for hydroxylation is 1. The summed E-state index contributed by atoms with van der Waals surface area (Å²) in [4.78, 5) is 0. The molecule has 1 heteroatoms. The van der Waals surface area contributed by atoms with Crippen molar-refractivity contribution in [2.45, 2.75) is 59.4 Å². The predicted molar refractivity (Wildman–Crippen MR) is 80.9 cm³/mol. The Hall–Kier alpha value is -0.820. The fourth-order valence-corrected chi connectivity index (χ4v) is 2.38. The molecule has 1 atom stereocenters. The van der Waals surface area contributed by atoms with Crippen molar-refractivity contribution in [2.75, 3.05) is 6.54 Å². The molecule has 102 valence electrons. The number of nitrogens with one attached hydrogen (secondary N) is 1. The summed E-state index contributed by atoms with van der Waals surface area (Å²) in [6.45, 7) is 10.2. The summed E-state index contributed by atoms with van der Waals surface area (Å²) in [5, 5.41) is 3.72. The molecule has 0 bridgehead atoms. The molecule has 0 aromatic heterocycles. The molecule has 1 unspecified atom stereocenters. The Kier molecular flexibility index (Phi) is 7.04. The maximum atomic E-state index is 3.72. The van der Waals surface area contributed by atoms with Gasteiger partial charge < -0.3 is 5.32 Å². The van der Waals surface area contributed by atoms with Crippen molar-refractivity contribution in [2.24, 2.45) is 5.92 Å². The quantitative estimate of drug-likeness (QED) is 0.700. The lowest BCUT2D eigenvalue weighted by molar-refractivity contribution is 0.439. The third-order valence-electron chi connectivity index (χ3n) is 3.48. The number of benzene rings is 1. The molecule has 0 aliphatic carbocycles. The lowest BCUT2D eigenvalue weighted by Crippen LogP contribution is -2.23. The maximum absolute atomic E-state index is 3.72. The maximum Gasteiger partial charge on any atom is 0.0323 e. The largest absolute Gasteiger partial charge is 0.310 e. The third kappa shape index (κ3) is 4.81. The normalized spacial score (nSPS) is 12.9. The molecule has 0 aliphatic rings. The van der Waals surface area contributed by atoms with Crippen LogP contribution >= 0.6 is 0 Å². The standard InChI is InChI=1S/C17H29N/c1-5-13-18-17(12-11-14(3)4)16-10-8-7-9-15(16)6-2/h7-10,14,17-18H,5-6,11-13H2,1-4H3. The van der Waals surface area contributed by atoms with Crippen molar-refractivity contribution in [1.29, 1.82) is 0 Å². The number of rotatable bonds is 8. The Morgan fingerprint density at radius 3 is 2.39 bits per heavy atom. The summed E-state index contributed by atoms with van der Waals surface area (Å²) < 4.78 is 0. The SMILES string of the molecule is CCCNC(CCC(C)C)c1ccccc1CC. The highest BCUT2D eigenvalue weighted by Crippen LogP contribution is 2.24. The van der Waals surface area contributed by atoms with Gasteiger partial charge in [-0.2, -0.15) is 0 Å². The molecule has 0 saturated heterocycles. The number of hydrogen-bond acceptors (Lipinski definition) is 1. The van der Waals surface area contributed by atoms with Gasteiger partial charge in [0.05, 0.1) is 0 Å². The summed E-state index contributed by atoms with van der Waals surface area (Å²) >= 11 is 0. The van der Waals surface area contributed by atoms with Crippen LogP contribution in [0.4, 0.5) is 0 Å². The monoisotopic (exact) mass is 247 g/mol. The Labute approximate surface area is 113 Å². The van der Waals surface area contributed by atoms with Gasteiger partial charge in [-0.25, -0.2) is 0 Å². The second-order valence-corrected chi connectivity index (χ2v) is 5.53. The van der Waals surface area contributed by atoms with E-state index in [9.17, 15) is 0 Å². The summed E-state index contributed by atoms with van der Waals surface area (Å²) in [6, 6.07) is 9.42. The van der Waals surface area contributed by atoms with Crippen LogP contribution < -0.4 is 5.32 Å². The van der Waals surface area contributed by atoms with E-state index in [1.54, 1.807) is 0 Å². The van der Waals surface area contributed by atoms with Gasteiger partial charge in [0.25, 0.3) is 0 Å². The molecular formula is C17H29N. The van der Waals surface area contributed by atoms with Gasteiger partial charge in [-0.3, -0.25) is 0 Å². The van der Waals surface area contributed by atoms with Gasteiger partial charge in [-0.05, 0) is 49.3 Å². The van der Waals surface area contributed by atoms with Gasteiger partial charge in [-0.1, -0.05) is 52.0 Å². The van der Waals surface area contributed by atoms with Gasteiger partial charge in [-0.15, -0.1) is 0 Å². The summed E-state index contributed by atoms with van der Waals surface area (Å²) in [5.41, 5.74) is 3.00. The van der Waals surface area contributed by atoms with Crippen LogP contribution in [0, 0.1) is 5.92 Å². The van der Waals surface area contributed by atoms with Crippen molar-refractivity contribution in [3.8, 4) is 0 Å². The molecular weight excluding hydrogens is 218 g/mol. The van der Waals surface area contributed by atoms with Crippen LogP contribution in [0.1, 0.15) is 64.1 Å². The zero-order valence-corrected chi connectivity index (χ0v) is 12.5. The van der Waals surface area contributed by atoms with E-state index in [1.165, 1.54) is 30.4 Å². The lowest BCUT2D eigenvalue weighted by atomic mass is 9.93. The van der Waals surface area contributed by atoms with Crippen molar-refractivity contribution in [1.82, 2.24) is 5.32 Å². The average molecular weight is 247 g/mol. The highest BCUT2D eigenvalue weighted by Gasteiger charge is 2.13. The Morgan fingerprint density at radius 2 is 1.78 bits per heavy atom. The van der Waals surface area contributed by atoms with Gasteiger partial charge in [0.15, 0.2) is 0 Å². The van der Waals surface area contributed by atoms with E-state index in [4.69, 9.17) is 0 Å². The minimum absolute atomic E-state index is 0.531. The van der Waals surface area contributed by atoms with Crippen LogP contribution in [0.2, 0.25) is 0 Å². The minimum atomic E-state index is 0.531. The van der Waals surface area contributed by atoms with Crippen LogP contribution in [-0.2, 0) is 6.42 Å². The summed E-state index contributed by atoms with van der Waals surface area (Å²) in [5.74, 6) is 0.782. The van der Waals surface area contributed by atoms with E-state index in [0.29, 0.717) is 6.04 Å². The fraction of sp³-hybridized carbons (Fsp3) is 0.647. The van der Waals surface area contributed by atoms with Crippen molar-refractivity contribution < 1.29 is 0 Å². The minimum Gasteiger partial charge on any atom is -0.310 e. The van der Waals surface area contributed by atoms with Crippen LogP contribution in [-0.4, -0.2) is 6.54 Å². The van der Waals surface area contributed by atoms with Gasteiger partial charge in [0.1, 0.15) is 0 Å². The molecule has 1 aromatic carbocycles. The number of hydrogen-bond donors (Lipinski definition) is 1. The van der Waals surface area contributed by atoms with Gasteiger partial charge in [0, 0.05) is 6.04 Å². The van der Waals surface area contributed by atoms with Crippen LogP contribution in [0.5, 0.6) is 0 Å². The van der Waals surface area contributed by atoms with E-state index in [2.05, 4.69) is 57.3 Å². The molecule has 0 amide bonds. The van der Waals surface area contributed by atoms with E-state index < -0.39 is 0 Å². The van der Waals surface area contributed by atoms with Crippen molar-refractivity contribution in [3.05, 3.63) is 35.4 Å². The van der Waals surface area contributed by atoms with E-state index in [-0.39, 0.29) is 0 Å². The molecule has 0 heterocycles. The van der Waals surface area contributed by atoms with Crippen LogP contribution in [0.25, 0.3) is 0 Å². The molecule has 0 saturated carbocycles. The summed E-state index contributed by atoms with van der Waals surface area (Å²) in [7, 11) is 0. The molecule has 0 spiro atoms. The predicted octanol–water partition coefficient (Wildman–Crippen LogP) is 4.73. The molecule has 18 heavy (non-hydrogen) atoms. The molecule has 0 fully saturated rings. The van der Waals surface area contributed by atoms with E-state index in [1.807, 2.05) is 0 Å². The molecule has 0 aliphatic heterocycles. The highest BCUT2D eigenvalue weighted by atomic mass is 14.9. The Morgan fingerprint density at radius 1 is 1.06 bits per heavy atom. The molecule has 1 aromatic rings. The molecule has 0 radical (unpaired) electrons. The highest BCUT2D eigenvalue weighted by molar-refractivity contribution is 5.30. The third-order valence-corrected chi connectivity index (χ3v) is 3.48. The first-order chi connectivity index (χ1) is 8.69.